The first-order valence-corrected chi connectivity index (χ1v) is 8.12. The Kier molecular flexibility index (Phi) is 3.88. The third-order valence-corrected chi connectivity index (χ3v) is 4.90. The van der Waals surface area contributed by atoms with Gasteiger partial charge in [0.2, 0.25) is 5.91 Å². The minimum Gasteiger partial charge on any atom is -0.399 e. The van der Waals surface area contributed by atoms with Crippen LogP contribution >= 0.6 is 11.8 Å². The van der Waals surface area contributed by atoms with Crippen molar-refractivity contribution in [3.63, 3.8) is 0 Å². The Morgan fingerprint density at radius 2 is 2.00 bits per heavy atom. The lowest BCUT2D eigenvalue weighted by Gasteiger charge is -2.25. The predicted molar refractivity (Wildman–Crippen MR) is 89.4 cm³/mol. The van der Waals surface area contributed by atoms with Gasteiger partial charge < -0.3 is 5.73 Å². The number of amides is 1. The van der Waals surface area contributed by atoms with Crippen molar-refractivity contribution in [1.29, 1.82) is 0 Å². The molecule has 21 heavy (non-hydrogen) atoms. The number of carbonyl (C=O) groups is 1. The molecule has 2 aromatic rings. The summed E-state index contributed by atoms with van der Waals surface area (Å²) in [5.41, 5.74) is 9.83. The normalized spacial score (nSPS) is 18.2. The summed E-state index contributed by atoms with van der Waals surface area (Å²) in [5, 5.41) is 0.0326. The summed E-state index contributed by atoms with van der Waals surface area (Å²) < 4.78 is 0. The van der Waals surface area contributed by atoms with Crippen molar-refractivity contribution in [3.05, 3.63) is 59.7 Å². The molecule has 0 aromatic heterocycles. The SMILES string of the molecule is CCc1cccc(N2C(=O)CS[C@@H]2c2ccc(N)cc2)c1. The van der Waals surface area contributed by atoms with Gasteiger partial charge in [-0.3, -0.25) is 9.69 Å². The minimum atomic E-state index is 0.0326. The number of benzene rings is 2. The molecule has 1 atom stereocenters. The molecule has 0 saturated carbocycles. The average molecular weight is 298 g/mol. The molecule has 1 aliphatic rings. The summed E-state index contributed by atoms with van der Waals surface area (Å²) >= 11 is 1.66. The molecule has 3 rings (SSSR count). The average Bonchev–Trinajstić information content (AvgIpc) is 2.90. The molecule has 108 valence electrons. The number of nitrogens with zero attached hydrogens (tertiary/aromatic N) is 1. The largest absolute Gasteiger partial charge is 0.399 e. The van der Waals surface area contributed by atoms with E-state index in [4.69, 9.17) is 5.73 Å². The molecular weight excluding hydrogens is 280 g/mol. The Hall–Kier alpha value is -1.94. The maximum Gasteiger partial charge on any atom is 0.238 e. The molecular formula is C17H18N2OS. The molecule has 1 saturated heterocycles. The molecule has 4 heteroatoms. The molecule has 0 unspecified atom stereocenters. The third kappa shape index (κ3) is 2.76. The van der Waals surface area contributed by atoms with E-state index in [2.05, 4.69) is 19.1 Å². The van der Waals surface area contributed by atoms with Crippen molar-refractivity contribution in [2.24, 2.45) is 0 Å². The highest BCUT2D eigenvalue weighted by Crippen LogP contribution is 2.41. The molecule has 1 amide bonds. The van der Waals surface area contributed by atoms with Crippen LogP contribution in [0.5, 0.6) is 0 Å². The zero-order valence-electron chi connectivity index (χ0n) is 12.0. The number of anilines is 2. The molecule has 2 N–H and O–H groups in total. The number of aryl methyl sites for hydroxylation is 1. The summed E-state index contributed by atoms with van der Waals surface area (Å²) in [4.78, 5) is 14.2. The van der Waals surface area contributed by atoms with Gasteiger partial charge in [0.1, 0.15) is 5.37 Å². The highest BCUT2D eigenvalue weighted by molar-refractivity contribution is 8.00. The van der Waals surface area contributed by atoms with Crippen molar-refractivity contribution in [2.45, 2.75) is 18.7 Å². The van der Waals surface area contributed by atoms with Crippen LogP contribution in [0.2, 0.25) is 0 Å². The smallest absolute Gasteiger partial charge is 0.238 e. The third-order valence-electron chi connectivity index (χ3n) is 3.69. The van der Waals surface area contributed by atoms with Gasteiger partial charge >= 0.3 is 0 Å². The van der Waals surface area contributed by atoms with E-state index in [-0.39, 0.29) is 11.3 Å². The van der Waals surface area contributed by atoms with Crippen LogP contribution in [-0.2, 0) is 11.2 Å². The fourth-order valence-corrected chi connectivity index (χ4v) is 3.71. The fraction of sp³-hybridized carbons (Fsp3) is 0.235. The van der Waals surface area contributed by atoms with E-state index in [1.54, 1.807) is 11.8 Å². The van der Waals surface area contributed by atoms with E-state index in [0.717, 1.165) is 23.4 Å². The number of nitrogens with two attached hydrogens (primary N) is 1. The summed E-state index contributed by atoms with van der Waals surface area (Å²) in [5.74, 6) is 0.681. The van der Waals surface area contributed by atoms with E-state index in [1.165, 1.54) is 5.56 Å². The number of hydrogen-bond acceptors (Lipinski definition) is 3. The monoisotopic (exact) mass is 298 g/mol. The van der Waals surface area contributed by atoms with Crippen LogP contribution in [0.1, 0.15) is 23.4 Å². The van der Waals surface area contributed by atoms with E-state index in [1.807, 2.05) is 41.3 Å². The van der Waals surface area contributed by atoms with Crippen LogP contribution < -0.4 is 10.6 Å². The second-order valence-electron chi connectivity index (χ2n) is 5.12. The number of nitrogen functional groups attached to an aromatic ring is 1. The lowest BCUT2D eigenvalue weighted by molar-refractivity contribution is -0.115. The second kappa shape index (κ2) is 5.82. The van der Waals surface area contributed by atoms with Crippen LogP contribution in [0.25, 0.3) is 0 Å². The van der Waals surface area contributed by atoms with Gasteiger partial charge in [0.15, 0.2) is 0 Å². The Morgan fingerprint density at radius 1 is 1.24 bits per heavy atom. The molecule has 2 aromatic carbocycles. The second-order valence-corrected chi connectivity index (χ2v) is 6.19. The molecule has 1 fully saturated rings. The zero-order chi connectivity index (χ0) is 14.8. The molecule has 1 heterocycles. The number of rotatable bonds is 3. The lowest BCUT2D eigenvalue weighted by Crippen LogP contribution is -2.27. The Labute approximate surface area is 129 Å². The number of thioether (sulfide) groups is 1. The van der Waals surface area contributed by atoms with Gasteiger partial charge in [-0.15, -0.1) is 11.8 Å². The summed E-state index contributed by atoms with van der Waals surface area (Å²) in [6.45, 7) is 2.12. The summed E-state index contributed by atoms with van der Waals surface area (Å²) in [6.07, 6.45) is 0.968. The minimum absolute atomic E-state index is 0.0326. The topological polar surface area (TPSA) is 46.3 Å². The first-order valence-electron chi connectivity index (χ1n) is 7.07. The zero-order valence-corrected chi connectivity index (χ0v) is 12.8. The fourth-order valence-electron chi connectivity index (χ4n) is 2.54. The molecule has 0 aliphatic carbocycles. The van der Waals surface area contributed by atoms with Gasteiger partial charge in [0.05, 0.1) is 5.75 Å². The molecule has 3 nitrogen and oxygen atoms in total. The Morgan fingerprint density at radius 3 is 2.71 bits per heavy atom. The maximum atomic E-state index is 12.3. The summed E-state index contributed by atoms with van der Waals surface area (Å²) in [7, 11) is 0. The molecule has 1 aliphatic heterocycles. The van der Waals surface area contributed by atoms with Crippen molar-refractivity contribution < 1.29 is 4.79 Å². The molecule has 0 radical (unpaired) electrons. The first kappa shape index (κ1) is 14.0. The molecule has 0 bridgehead atoms. The van der Waals surface area contributed by atoms with Crippen LogP contribution in [0.3, 0.4) is 0 Å². The predicted octanol–water partition coefficient (Wildman–Crippen LogP) is 3.61. The summed E-state index contributed by atoms with van der Waals surface area (Å²) in [6, 6.07) is 16.0. The maximum absolute atomic E-state index is 12.3. The number of carbonyl (C=O) groups excluding carboxylic acids is 1. The van der Waals surface area contributed by atoms with Crippen molar-refractivity contribution in [3.8, 4) is 0 Å². The van der Waals surface area contributed by atoms with Gasteiger partial charge in [0.25, 0.3) is 0 Å². The van der Waals surface area contributed by atoms with Crippen molar-refractivity contribution >= 4 is 29.0 Å². The highest BCUT2D eigenvalue weighted by Gasteiger charge is 2.33. The van der Waals surface area contributed by atoms with Crippen LogP contribution in [0, 0.1) is 0 Å². The quantitative estimate of drug-likeness (QED) is 0.881. The standard InChI is InChI=1S/C17H18N2OS/c1-2-12-4-3-5-15(10-12)19-16(20)11-21-17(19)13-6-8-14(18)9-7-13/h3-10,17H,2,11,18H2,1H3/t17-/m1/s1. The van der Waals surface area contributed by atoms with Gasteiger partial charge in [-0.25, -0.2) is 0 Å². The van der Waals surface area contributed by atoms with Gasteiger partial charge in [0, 0.05) is 11.4 Å². The van der Waals surface area contributed by atoms with Crippen LogP contribution in [-0.4, -0.2) is 11.7 Å². The van der Waals surface area contributed by atoms with Crippen molar-refractivity contribution in [2.75, 3.05) is 16.4 Å². The van der Waals surface area contributed by atoms with E-state index < -0.39 is 0 Å². The molecule has 0 spiro atoms. The number of hydrogen-bond donors (Lipinski definition) is 1. The Balaban J connectivity index is 1.97. The van der Waals surface area contributed by atoms with Crippen LogP contribution in [0.15, 0.2) is 48.5 Å². The highest BCUT2D eigenvalue weighted by atomic mass is 32.2. The van der Waals surface area contributed by atoms with E-state index in [9.17, 15) is 4.79 Å². The van der Waals surface area contributed by atoms with Gasteiger partial charge in [-0.2, -0.15) is 0 Å². The van der Waals surface area contributed by atoms with Crippen molar-refractivity contribution in [1.82, 2.24) is 0 Å². The van der Waals surface area contributed by atoms with E-state index in [0.29, 0.717) is 5.75 Å². The Bertz CT molecular complexity index is 654. The first-order chi connectivity index (χ1) is 10.2. The van der Waals surface area contributed by atoms with E-state index >= 15 is 0 Å². The van der Waals surface area contributed by atoms with Gasteiger partial charge in [-0.05, 0) is 41.8 Å². The van der Waals surface area contributed by atoms with Gasteiger partial charge in [-0.1, -0.05) is 31.2 Å². The van der Waals surface area contributed by atoms with Crippen LogP contribution in [0.4, 0.5) is 11.4 Å². The lowest BCUT2D eigenvalue weighted by atomic mass is 10.1.